The van der Waals surface area contributed by atoms with E-state index in [2.05, 4.69) is 21.4 Å². The lowest BCUT2D eigenvalue weighted by atomic mass is 10.1. The molecule has 90 valence electrons. The third kappa shape index (κ3) is 2.95. The molecule has 0 unspecified atom stereocenters. The maximum absolute atomic E-state index is 8.80. The number of hydrogen-bond acceptors (Lipinski definition) is 5. The normalized spacial score (nSPS) is 9.56. The van der Waals surface area contributed by atoms with Gasteiger partial charge >= 0.3 is 0 Å². The topological polar surface area (TPSA) is 70.8 Å². The predicted molar refractivity (Wildman–Crippen MR) is 67.1 cm³/mol. The van der Waals surface area contributed by atoms with Crippen molar-refractivity contribution in [2.75, 3.05) is 12.4 Å². The first-order chi connectivity index (χ1) is 8.81. The number of aromatic nitrogens is 2. The number of nitrogens with zero attached hydrogens (tertiary/aromatic N) is 3. The summed E-state index contributed by atoms with van der Waals surface area (Å²) < 4.78 is 5.01. The van der Waals surface area contributed by atoms with E-state index in [0.717, 1.165) is 5.56 Å². The van der Waals surface area contributed by atoms with Gasteiger partial charge in [0.25, 0.3) is 0 Å². The van der Waals surface area contributed by atoms with Gasteiger partial charge in [0.1, 0.15) is 0 Å². The van der Waals surface area contributed by atoms with E-state index in [1.165, 1.54) is 0 Å². The number of anilines is 1. The fourth-order valence-electron chi connectivity index (χ4n) is 1.47. The quantitative estimate of drug-likeness (QED) is 0.884. The summed E-state index contributed by atoms with van der Waals surface area (Å²) >= 11 is 0. The average molecular weight is 240 g/mol. The molecule has 1 aromatic carbocycles. The Bertz CT molecular complexity index is 577. The van der Waals surface area contributed by atoms with E-state index in [9.17, 15) is 0 Å². The number of ether oxygens (including phenoxy) is 1. The molecule has 5 nitrogen and oxygen atoms in total. The van der Waals surface area contributed by atoms with E-state index in [1.807, 2.05) is 18.2 Å². The number of methoxy groups -OCH3 is 1. The maximum Gasteiger partial charge on any atom is 0.226 e. The second kappa shape index (κ2) is 5.64. The molecule has 2 rings (SSSR count). The Morgan fingerprint density at radius 3 is 3.06 bits per heavy atom. The van der Waals surface area contributed by atoms with E-state index in [1.54, 1.807) is 25.4 Å². The minimum absolute atomic E-state index is 0.497. The molecule has 0 radical (unpaired) electrons. The van der Waals surface area contributed by atoms with Gasteiger partial charge in [-0.25, -0.2) is 4.98 Å². The highest BCUT2D eigenvalue weighted by atomic mass is 16.5. The first-order valence-electron chi connectivity index (χ1n) is 5.42. The molecule has 0 spiro atoms. The molecule has 5 heteroatoms. The van der Waals surface area contributed by atoms with E-state index in [4.69, 9.17) is 10.00 Å². The maximum atomic E-state index is 8.80. The van der Waals surface area contributed by atoms with E-state index < -0.39 is 0 Å². The third-order valence-corrected chi connectivity index (χ3v) is 2.35. The van der Waals surface area contributed by atoms with Crippen LogP contribution >= 0.6 is 0 Å². The molecule has 0 atom stereocenters. The van der Waals surface area contributed by atoms with Gasteiger partial charge in [-0.1, -0.05) is 12.1 Å². The summed E-state index contributed by atoms with van der Waals surface area (Å²) in [6.07, 6.45) is 1.62. The molecule has 0 bridgehead atoms. The summed E-state index contributed by atoms with van der Waals surface area (Å²) in [5.74, 6) is 1.01. The lowest BCUT2D eigenvalue weighted by Crippen LogP contribution is -2.04. The summed E-state index contributed by atoms with van der Waals surface area (Å²) in [5.41, 5.74) is 1.64. The molecule has 0 saturated carbocycles. The molecule has 1 heterocycles. The number of nitrogens with one attached hydrogen (secondary N) is 1. The van der Waals surface area contributed by atoms with Crippen LogP contribution < -0.4 is 10.1 Å². The zero-order chi connectivity index (χ0) is 12.8. The lowest BCUT2D eigenvalue weighted by Gasteiger charge is -2.06. The Hall–Kier alpha value is -2.61. The van der Waals surface area contributed by atoms with Crippen molar-refractivity contribution in [1.82, 2.24) is 9.97 Å². The second-order valence-electron chi connectivity index (χ2n) is 3.59. The van der Waals surface area contributed by atoms with Gasteiger partial charge in [0.15, 0.2) is 0 Å². The summed E-state index contributed by atoms with van der Waals surface area (Å²) in [5, 5.41) is 11.9. The van der Waals surface area contributed by atoms with Gasteiger partial charge in [0, 0.05) is 18.8 Å². The van der Waals surface area contributed by atoms with Crippen LogP contribution in [0.5, 0.6) is 5.88 Å². The van der Waals surface area contributed by atoms with Gasteiger partial charge in [0.05, 0.1) is 18.7 Å². The number of nitriles is 1. The monoisotopic (exact) mass is 240 g/mol. The van der Waals surface area contributed by atoms with Gasteiger partial charge in [-0.15, -0.1) is 0 Å². The fraction of sp³-hybridized carbons (Fsp3) is 0.154. The van der Waals surface area contributed by atoms with Crippen LogP contribution in [0.25, 0.3) is 0 Å². The number of hydrogen-bond donors (Lipinski definition) is 1. The zero-order valence-electron chi connectivity index (χ0n) is 9.92. The smallest absolute Gasteiger partial charge is 0.226 e. The molecule has 0 saturated heterocycles. The molecule has 0 aliphatic heterocycles. The SMILES string of the molecule is COc1ccnc(NCc2cccc(C#N)c2)n1. The molecular formula is C13H12N4O. The van der Waals surface area contributed by atoms with Crippen LogP contribution in [0.2, 0.25) is 0 Å². The molecule has 1 N–H and O–H groups in total. The Morgan fingerprint density at radius 2 is 2.28 bits per heavy atom. The van der Waals surface area contributed by atoms with Crippen molar-refractivity contribution in [3.05, 3.63) is 47.7 Å². The Labute approximate surface area is 105 Å². The van der Waals surface area contributed by atoms with Crippen LogP contribution in [0.3, 0.4) is 0 Å². The lowest BCUT2D eigenvalue weighted by molar-refractivity contribution is 0.397. The van der Waals surface area contributed by atoms with Crippen molar-refractivity contribution in [3.8, 4) is 11.9 Å². The van der Waals surface area contributed by atoms with Gasteiger partial charge in [-0.2, -0.15) is 10.2 Å². The van der Waals surface area contributed by atoms with Crippen molar-refractivity contribution in [3.63, 3.8) is 0 Å². The standard InChI is InChI=1S/C13H12N4O/c1-18-12-5-6-15-13(17-12)16-9-11-4-2-3-10(7-11)8-14/h2-7H,9H2,1H3,(H,15,16,17). The van der Waals surface area contributed by atoms with Crippen molar-refractivity contribution >= 4 is 5.95 Å². The second-order valence-corrected chi connectivity index (χ2v) is 3.59. The first-order valence-corrected chi connectivity index (χ1v) is 5.42. The van der Waals surface area contributed by atoms with Crippen molar-refractivity contribution in [2.45, 2.75) is 6.54 Å². The van der Waals surface area contributed by atoms with Crippen LogP contribution in [0.4, 0.5) is 5.95 Å². The van der Waals surface area contributed by atoms with Crippen LogP contribution in [-0.4, -0.2) is 17.1 Å². The highest BCUT2D eigenvalue weighted by Crippen LogP contribution is 2.09. The molecule has 1 aromatic heterocycles. The van der Waals surface area contributed by atoms with Gasteiger partial charge in [0.2, 0.25) is 11.8 Å². The summed E-state index contributed by atoms with van der Waals surface area (Å²) in [6.45, 7) is 0.558. The van der Waals surface area contributed by atoms with Crippen LogP contribution in [0, 0.1) is 11.3 Å². The minimum Gasteiger partial charge on any atom is -0.481 e. The number of benzene rings is 1. The molecule has 0 amide bonds. The molecule has 0 aliphatic carbocycles. The molecule has 0 fully saturated rings. The largest absolute Gasteiger partial charge is 0.481 e. The molecular weight excluding hydrogens is 228 g/mol. The highest BCUT2D eigenvalue weighted by molar-refractivity contribution is 5.35. The van der Waals surface area contributed by atoms with Gasteiger partial charge in [-0.3, -0.25) is 0 Å². The third-order valence-electron chi connectivity index (χ3n) is 2.35. The summed E-state index contributed by atoms with van der Waals surface area (Å²) in [6, 6.07) is 11.2. The van der Waals surface area contributed by atoms with Crippen molar-refractivity contribution < 1.29 is 4.74 Å². The summed E-state index contributed by atoms with van der Waals surface area (Å²) in [4.78, 5) is 8.22. The van der Waals surface area contributed by atoms with Crippen molar-refractivity contribution in [1.29, 1.82) is 5.26 Å². The molecule has 2 aromatic rings. The van der Waals surface area contributed by atoms with Crippen LogP contribution in [-0.2, 0) is 6.54 Å². The van der Waals surface area contributed by atoms with E-state index in [0.29, 0.717) is 23.9 Å². The zero-order valence-corrected chi connectivity index (χ0v) is 9.92. The van der Waals surface area contributed by atoms with Gasteiger partial charge in [-0.05, 0) is 17.7 Å². The average Bonchev–Trinajstić information content (AvgIpc) is 2.45. The Kier molecular flexibility index (Phi) is 3.72. The highest BCUT2D eigenvalue weighted by Gasteiger charge is 1.99. The van der Waals surface area contributed by atoms with Crippen LogP contribution in [0.15, 0.2) is 36.5 Å². The van der Waals surface area contributed by atoms with Crippen molar-refractivity contribution in [2.24, 2.45) is 0 Å². The number of rotatable bonds is 4. The Morgan fingerprint density at radius 1 is 1.39 bits per heavy atom. The summed E-state index contributed by atoms with van der Waals surface area (Å²) in [7, 11) is 1.56. The Balaban J connectivity index is 2.04. The molecule has 18 heavy (non-hydrogen) atoms. The van der Waals surface area contributed by atoms with E-state index >= 15 is 0 Å². The predicted octanol–water partition coefficient (Wildman–Crippen LogP) is 1.97. The van der Waals surface area contributed by atoms with Crippen LogP contribution in [0.1, 0.15) is 11.1 Å². The molecule has 0 aliphatic rings. The minimum atomic E-state index is 0.497. The first kappa shape index (κ1) is 11.9. The van der Waals surface area contributed by atoms with Gasteiger partial charge < -0.3 is 10.1 Å². The van der Waals surface area contributed by atoms with E-state index in [-0.39, 0.29) is 0 Å². The fourth-order valence-corrected chi connectivity index (χ4v) is 1.47.